The molecule has 0 fully saturated rings. The maximum Gasteiger partial charge on any atom is 0.261 e. The number of hydrogen-bond donors (Lipinski definition) is 2. The summed E-state index contributed by atoms with van der Waals surface area (Å²) in [6, 6.07) is 11.8. The van der Waals surface area contributed by atoms with E-state index in [1.54, 1.807) is 23.3 Å². The highest BCUT2D eigenvalue weighted by atomic mass is 16.1. The van der Waals surface area contributed by atoms with E-state index in [4.69, 9.17) is 0 Å². The number of hydrogen-bond acceptors (Lipinski definition) is 4. The van der Waals surface area contributed by atoms with E-state index in [1.807, 2.05) is 43.4 Å². The molecule has 2 aromatic heterocycles. The van der Waals surface area contributed by atoms with Gasteiger partial charge in [-0.25, -0.2) is 0 Å². The Morgan fingerprint density at radius 1 is 1.07 bits per heavy atom. The summed E-state index contributed by atoms with van der Waals surface area (Å²) in [7, 11) is 1.81. The fourth-order valence-corrected chi connectivity index (χ4v) is 2.75. The Bertz CT molecular complexity index is 908. The van der Waals surface area contributed by atoms with Crippen molar-refractivity contribution in [1.82, 2.24) is 14.8 Å². The van der Waals surface area contributed by atoms with Crippen LogP contribution in [-0.4, -0.2) is 20.7 Å². The van der Waals surface area contributed by atoms with Gasteiger partial charge in [-0.2, -0.15) is 5.10 Å². The van der Waals surface area contributed by atoms with Crippen molar-refractivity contribution in [1.29, 1.82) is 0 Å². The lowest BCUT2D eigenvalue weighted by Crippen LogP contribution is -2.15. The van der Waals surface area contributed by atoms with Crippen LogP contribution >= 0.6 is 0 Å². The first kappa shape index (κ1) is 18.6. The van der Waals surface area contributed by atoms with Crippen molar-refractivity contribution in [3.05, 3.63) is 71.7 Å². The highest BCUT2D eigenvalue weighted by Gasteiger charge is 2.17. The quantitative estimate of drug-likeness (QED) is 0.719. The van der Waals surface area contributed by atoms with Crippen LogP contribution in [0.15, 0.2) is 55.0 Å². The average Bonchev–Trinajstić information content (AvgIpc) is 3.01. The number of amides is 1. The first-order chi connectivity index (χ1) is 12.8. The van der Waals surface area contributed by atoms with E-state index in [0.29, 0.717) is 17.9 Å². The van der Waals surface area contributed by atoms with Gasteiger partial charge in [0.25, 0.3) is 5.91 Å². The molecule has 1 amide bonds. The number of rotatable bonds is 5. The molecule has 2 heterocycles. The maximum absolute atomic E-state index is 12.7. The predicted molar refractivity (Wildman–Crippen MR) is 108 cm³/mol. The van der Waals surface area contributed by atoms with Crippen LogP contribution in [0, 0.1) is 0 Å². The lowest BCUT2D eigenvalue weighted by atomic mass is 9.87. The fraction of sp³-hybridized carbons (Fsp3) is 0.286. The molecule has 27 heavy (non-hydrogen) atoms. The number of aromatic nitrogens is 3. The van der Waals surface area contributed by atoms with Gasteiger partial charge in [0.05, 0.1) is 6.20 Å². The Morgan fingerprint density at radius 2 is 1.74 bits per heavy atom. The first-order valence-corrected chi connectivity index (χ1v) is 8.91. The summed E-state index contributed by atoms with van der Waals surface area (Å²) >= 11 is 0. The number of carbonyl (C=O) groups is 1. The molecule has 0 saturated carbocycles. The Balaban J connectivity index is 1.72. The number of pyridine rings is 1. The molecule has 0 unspecified atom stereocenters. The second kappa shape index (κ2) is 7.61. The lowest BCUT2D eigenvalue weighted by molar-refractivity contribution is 0.102. The fourth-order valence-electron chi connectivity index (χ4n) is 2.75. The standard InChI is InChI=1S/C21H25N5O/c1-21(2,3)16-5-7-17(8-6-16)25-20(27)18-14-24-26(4)19(18)23-13-15-9-11-22-12-10-15/h5-12,14,23H,13H2,1-4H3,(H,25,27). The topological polar surface area (TPSA) is 71.8 Å². The van der Waals surface area contributed by atoms with Crippen LogP contribution in [0.5, 0.6) is 0 Å². The third-order valence-electron chi connectivity index (χ3n) is 4.40. The van der Waals surface area contributed by atoms with Crippen LogP contribution in [0.25, 0.3) is 0 Å². The van der Waals surface area contributed by atoms with E-state index >= 15 is 0 Å². The van der Waals surface area contributed by atoms with Gasteiger partial charge in [-0.1, -0.05) is 32.9 Å². The summed E-state index contributed by atoms with van der Waals surface area (Å²) in [5.41, 5.74) is 3.65. The molecule has 140 valence electrons. The van der Waals surface area contributed by atoms with E-state index in [-0.39, 0.29) is 11.3 Å². The molecule has 0 spiro atoms. The smallest absolute Gasteiger partial charge is 0.261 e. The van der Waals surface area contributed by atoms with Gasteiger partial charge < -0.3 is 10.6 Å². The molecule has 0 aliphatic rings. The average molecular weight is 363 g/mol. The van der Waals surface area contributed by atoms with E-state index in [0.717, 1.165) is 11.3 Å². The molecule has 2 N–H and O–H groups in total. The normalized spacial score (nSPS) is 11.3. The van der Waals surface area contributed by atoms with E-state index in [9.17, 15) is 4.79 Å². The zero-order chi connectivity index (χ0) is 19.4. The molecule has 6 heteroatoms. The monoisotopic (exact) mass is 363 g/mol. The van der Waals surface area contributed by atoms with E-state index < -0.39 is 0 Å². The molecule has 1 aromatic carbocycles. The van der Waals surface area contributed by atoms with Gasteiger partial charge in [-0.3, -0.25) is 14.5 Å². The minimum atomic E-state index is -0.191. The zero-order valence-corrected chi connectivity index (χ0v) is 16.2. The molecular formula is C21H25N5O. The van der Waals surface area contributed by atoms with E-state index in [2.05, 4.69) is 41.5 Å². The van der Waals surface area contributed by atoms with Gasteiger partial charge in [0.1, 0.15) is 11.4 Å². The van der Waals surface area contributed by atoms with Crippen molar-refractivity contribution in [2.45, 2.75) is 32.7 Å². The molecule has 3 aromatic rings. The van der Waals surface area contributed by atoms with Crippen molar-refractivity contribution in [3.8, 4) is 0 Å². The molecule has 0 aliphatic heterocycles. The second-order valence-electron chi connectivity index (χ2n) is 7.52. The van der Waals surface area contributed by atoms with Crippen molar-refractivity contribution in [3.63, 3.8) is 0 Å². The third-order valence-corrected chi connectivity index (χ3v) is 4.40. The molecular weight excluding hydrogens is 338 g/mol. The van der Waals surface area contributed by atoms with Gasteiger partial charge in [0.2, 0.25) is 0 Å². The Labute approximate surface area is 159 Å². The van der Waals surface area contributed by atoms with Crippen molar-refractivity contribution < 1.29 is 4.79 Å². The van der Waals surface area contributed by atoms with Crippen LogP contribution in [0.3, 0.4) is 0 Å². The largest absolute Gasteiger partial charge is 0.366 e. The van der Waals surface area contributed by atoms with Crippen LogP contribution < -0.4 is 10.6 Å². The van der Waals surface area contributed by atoms with E-state index in [1.165, 1.54) is 5.56 Å². The van der Waals surface area contributed by atoms with Crippen molar-refractivity contribution in [2.75, 3.05) is 10.6 Å². The summed E-state index contributed by atoms with van der Waals surface area (Å²) in [6.45, 7) is 7.08. The summed E-state index contributed by atoms with van der Waals surface area (Å²) in [5.74, 6) is 0.486. The molecule has 0 saturated heterocycles. The minimum Gasteiger partial charge on any atom is -0.366 e. The Hall–Kier alpha value is -3.15. The lowest BCUT2D eigenvalue weighted by Gasteiger charge is -2.19. The van der Waals surface area contributed by atoms with Gasteiger partial charge in [-0.05, 0) is 40.8 Å². The van der Waals surface area contributed by atoms with Crippen LogP contribution in [0.1, 0.15) is 42.3 Å². The zero-order valence-electron chi connectivity index (χ0n) is 16.2. The maximum atomic E-state index is 12.7. The van der Waals surface area contributed by atoms with Gasteiger partial charge in [0, 0.05) is 31.7 Å². The van der Waals surface area contributed by atoms with Gasteiger partial charge in [0.15, 0.2) is 0 Å². The van der Waals surface area contributed by atoms with Crippen LogP contribution in [0.2, 0.25) is 0 Å². The third kappa shape index (κ3) is 4.53. The summed E-state index contributed by atoms with van der Waals surface area (Å²) < 4.78 is 1.67. The second-order valence-corrected chi connectivity index (χ2v) is 7.52. The molecule has 0 radical (unpaired) electrons. The highest BCUT2D eigenvalue weighted by molar-refractivity contribution is 6.07. The molecule has 0 bridgehead atoms. The number of benzene rings is 1. The van der Waals surface area contributed by atoms with Crippen LogP contribution in [-0.2, 0) is 19.0 Å². The van der Waals surface area contributed by atoms with Crippen molar-refractivity contribution >= 4 is 17.4 Å². The van der Waals surface area contributed by atoms with Crippen LogP contribution in [0.4, 0.5) is 11.5 Å². The number of nitrogens with one attached hydrogen (secondary N) is 2. The summed E-state index contributed by atoms with van der Waals surface area (Å²) in [4.78, 5) is 16.7. The predicted octanol–water partition coefficient (Wildman–Crippen LogP) is 3.98. The van der Waals surface area contributed by atoms with Gasteiger partial charge in [-0.15, -0.1) is 0 Å². The van der Waals surface area contributed by atoms with Gasteiger partial charge >= 0.3 is 0 Å². The number of carbonyl (C=O) groups excluding carboxylic acids is 1. The summed E-state index contributed by atoms with van der Waals surface area (Å²) in [6.07, 6.45) is 5.07. The van der Waals surface area contributed by atoms with Crippen molar-refractivity contribution in [2.24, 2.45) is 7.05 Å². The summed E-state index contributed by atoms with van der Waals surface area (Å²) in [5, 5.41) is 10.5. The molecule has 3 rings (SSSR count). The molecule has 0 atom stereocenters. The Kier molecular flexibility index (Phi) is 5.26. The minimum absolute atomic E-state index is 0.0793. The Morgan fingerprint density at radius 3 is 2.37 bits per heavy atom. The number of aryl methyl sites for hydroxylation is 1. The number of nitrogens with zero attached hydrogens (tertiary/aromatic N) is 3. The molecule has 0 aliphatic carbocycles. The SMILES string of the molecule is Cn1ncc(C(=O)Nc2ccc(C(C)(C)C)cc2)c1NCc1ccncc1. The number of anilines is 2. The highest BCUT2D eigenvalue weighted by Crippen LogP contribution is 2.24. The molecule has 6 nitrogen and oxygen atoms in total. The first-order valence-electron chi connectivity index (χ1n) is 8.91.